The molecule has 0 saturated heterocycles. The fourth-order valence-electron chi connectivity index (χ4n) is 1.34. The van der Waals surface area contributed by atoms with Crippen LogP contribution in [0.15, 0.2) is 12.1 Å². The highest BCUT2D eigenvalue weighted by Crippen LogP contribution is 2.16. The Kier molecular flexibility index (Phi) is 6.90. The predicted molar refractivity (Wildman–Crippen MR) is 78.7 cm³/mol. The minimum Gasteiger partial charge on any atom is -0.373 e. The molecule has 4 nitrogen and oxygen atoms in total. The lowest BCUT2D eigenvalue weighted by Gasteiger charge is -2.07. The third-order valence-corrected chi connectivity index (χ3v) is 3.56. The zero-order valence-electron chi connectivity index (χ0n) is 10.6. The number of nitrogens with one attached hydrogen (secondary N) is 2. The van der Waals surface area contributed by atoms with Gasteiger partial charge in [0, 0.05) is 13.6 Å². The second kappa shape index (κ2) is 8.21. The Morgan fingerprint density at radius 3 is 2.94 bits per heavy atom. The van der Waals surface area contributed by atoms with Gasteiger partial charge in [-0.05, 0) is 30.1 Å². The number of anilines is 1. The van der Waals surface area contributed by atoms with Gasteiger partial charge < -0.3 is 10.6 Å². The van der Waals surface area contributed by atoms with E-state index in [1.165, 1.54) is 0 Å². The molecule has 0 unspecified atom stereocenters. The first-order valence-corrected chi connectivity index (χ1v) is 7.42. The normalized spacial score (nSPS) is 10.2. The zero-order chi connectivity index (χ0) is 13.4. The molecule has 2 N–H and O–H groups in total. The summed E-state index contributed by atoms with van der Waals surface area (Å²) in [7, 11) is 1.75. The molecule has 0 radical (unpaired) electrons. The van der Waals surface area contributed by atoms with Gasteiger partial charge >= 0.3 is 0 Å². The summed E-state index contributed by atoms with van der Waals surface area (Å²) in [6, 6.07) is 3.40. The number of amides is 1. The summed E-state index contributed by atoms with van der Waals surface area (Å²) in [6.07, 6.45) is 0.952. The van der Waals surface area contributed by atoms with E-state index >= 15 is 0 Å². The third kappa shape index (κ3) is 4.74. The predicted octanol–water partition coefficient (Wildman–Crippen LogP) is 2.65. The highest BCUT2D eigenvalue weighted by molar-refractivity contribution is 7.99. The summed E-state index contributed by atoms with van der Waals surface area (Å²) in [6.45, 7) is 2.77. The first kappa shape index (κ1) is 15.1. The number of nitrogens with zero attached hydrogens (tertiary/aromatic N) is 1. The lowest BCUT2D eigenvalue weighted by Crippen LogP contribution is -2.26. The maximum Gasteiger partial charge on any atom is 0.271 e. The summed E-state index contributed by atoms with van der Waals surface area (Å²) in [5.74, 6) is 2.56. The molecule has 18 heavy (non-hydrogen) atoms. The van der Waals surface area contributed by atoms with Crippen molar-refractivity contribution in [3.05, 3.63) is 22.8 Å². The third-order valence-electron chi connectivity index (χ3n) is 2.27. The molecule has 0 bridgehead atoms. The first-order chi connectivity index (χ1) is 8.69. The summed E-state index contributed by atoms with van der Waals surface area (Å²) in [5.41, 5.74) is 0.270. The molecule has 100 valence electrons. The quantitative estimate of drug-likeness (QED) is 0.757. The van der Waals surface area contributed by atoms with Gasteiger partial charge in [0.05, 0.1) is 5.02 Å². The highest BCUT2D eigenvalue weighted by Gasteiger charge is 2.12. The smallest absolute Gasteiger partial charge is 0.271 e. The van der Waals surface area contributed by atoms with Crippen LogP contribution in [0.5, 0.6) is 0 Å². The van der Waals surface area contributed by atoms with E-state index in [1.54, 1.807) is 19.2 Å². The van der Waals surface area contributed by atoms with Crippen molar-refractivity contribution in [3.63, 3.8) is 0 Å². The first-order valence-electron chi connectivity index (χ1n) is 5.89. The second-order valence-corrected chi connectivity index (χ2v) is 5.38. The Morgan fingerprint density at radius 1 is 1.50 bits per heavy atom. The number of halogens is 1. The molecule has 0 aliphatic rings. The molecule has 6 heteroatoms. The van der Waals surface area contributed by atoms with Crippen LogP contribution in [0.4, 0.5) is 5.82 Å². The summed E-state index contributed by atoms with van der Waals surface area (Å²) in [5, 5.41) is 6.07. The van der Waals surface area contributed by atoms with Gasteiger partial charge in [-0.25, -0.2) is 4.98 Å². The minimum atomic E-state index is -0.224. The Labute approximate surface area is 117 Å². The molecule has 0 spiro atoms. The molecule has 0 fully saturated rings. The molecular formula is C12H18ClN3OS. The molecule has 0 aliphatic heterocycles. The van der Waals surface area contributed by atoms with E-state index in [0.717, 1.165) is 17.9 Å². The average molecular weight is 288 g/mol. The van der Waals surface area contributed by atoms with Crippen LogP contribution in [0.2, 0.25) is 5.02 Å². The van der Waals surface area contributed by atoms with Crippen molar-refractivity contribution >= 4 is 35.1 Å². The number of pyridine rings is 1. The number of hydrogen-bond donors (Lipinski definition) is 2. The van der Waals surface area contributed by atoms with Crippen LogP contribution in [-0.4, -0.2) is 36.0 Å². The Morgan fingerprint density at radius 2 is 2.28 bits per heavy atom. The van der Waals surface area contributed by atoms with Crippen molar-refractivity contribution < 1.29 is 4.79 Å². The van der Waals surface area contributed by atoms with E-state index < -0.39 is 0 Å². The standard InChI is InChI=1S/C12H18ClN3OS/c1-3-18-8-4-7-15-12(17)11-9(13)5-6-10(14-2)16-11/h5-6H,3-4,7-8H2,1-2H3,(H,14,16)(H,15,17). The van der Waals surface area contributed by atoms with E-state index in [0.29, 0.717) is 17.4 Å². The number of thioether (sulfide) groups is 1. The molecule has 0 aliphatic carbocycles. The van der Waals surface area contributed by atoms with Gasteiger partial charge in [-0.15, -0.1) is 0 Å². The summed E-state index contributed by atoms with van der Waals surface area (Å²) in [4.78, 5) is 16.0. The number of rotatable bonds is 7. The van der Waals surface area contributed by atoms with Crippen LogP contribution in [0.1, 0.15) is 23.8 Å². The molecule has 1 heterocycles. The maximum absolute atomic E-state index is 11.9. The Balaban J connectivity index is 2.50. The van der Waals surface area contributed by atoms with Crippen LogP contribution >= 0.6 is 23.4 Å². The SMILES string of the molecule is CCSCCCNC(=O)c1nc(NC)ccc1Cl. The van der Waals surface area contributed by atoms with Gasteiger partial charge in [0.15, 0.2) is 0 Å². The summed E-state index contributed by atoms with van der Waals surface area (Å²) >= 11 is 7.82. The van der Waals surface area contributed by atoms with Crippen molar-refractivity contribution in [1.29, 1.82) is 0 Å². The largest absolute Gasteiger partial charge is 0.373 e. The topological polar surface area (TPSA) is 54.0 Å². The van der Waals surface area contributed by atoms with Crippen LogP contribution in [0.3, 0.4) is 0 Å². The van der Waals surface area contributed by atoms with Gasteiger partial charge in [0.2, 0.25) is 0 Å². The number of aromatic nitrogens is 1. The maximum atomic E-state index is 11.9. The van der Waals surface area contributed by atoms with Crippen molar-refractivity contribution in [2.75, 3.05) is 30.4 Å². The molecule has 1 aromatic rings. The molecule has 1 amide bonds. The van der Waals surface area contributed by atoms with Gasteiger partial charge in [0.1, 0.15) is 11.5 Å². The zero-order valence-corrected chi connectivity index (χ0v) is 12.2. The van der Waals surface area contributed by atoms with Crippen LogP contribution in [0, 0.1) is 0 Å². The monoisotopic (exact) mass is 287 g/mol. The van der Waals surface area contributed by atoms with E-state index in [9.17, 15) is 4.79 Å². The van der Waals surface area contributed by atoms with E-state index in [4.69, 9.17) is 11.6 Å². The van der Waals surface area contributed by atoms with Crippen LogP contribution in [-0.2, 0) is 0 Å². The van der Waals surface area contributed by atoms with Crippen molar-refractivity contribution in [2.24, 2.45) is 0 Å². The molecule has 1 aromatic heterocycles. The van der Waals surface area contributed by atoms with E-state index in [-0.39, 0.29) is 11.6 Å². The van der Waals surface area contributed by atoms with Crippen molar-refractivity contribution in [2.45, 2.75) is 13.3 Å². The molecule has 1 rings (SSSR count). The fourth-order valence-corrected chi connectivity index (χ4v) is 2.17. The number of hydrogen-bond acceptors (Lipinski definition) is 4. The summed E-state index contributed by atoms with van der Waals surface area (Å²) < 4.78 is 0. The van der Waals surface area contributed by atoms with Gasteiger partial charge in [-0.1, -0.05) is 18.5 Å². The van der Waals surface area contributed by atoms with Crippen LogP contribution < -0.4 is 10.6 Å². The minimum absolute atomic E-state index is 0.224. The highest BCUT2D eigenvalue weighted by atomic mass is 35.5. The fraction of sp³-hybridized carbons (Fsp3) is 0.500. The number of carbonyl (C=O) groups excluding carboxylic acids is 1. The van der Waals surface area contributed by atoms with Gasteiger partial charge in [0.25, 0.3) is 5.91 Å². The Hall–Kier alpha value is -0.940. The van der Waals surface area contributed by atoms with E-state index in [1.807, 2.05) is 11.8 Å². The molecule has 0 aromatic carbocycles. The van der Waals surface area contributed by atoms with Gasteiger partial charge in [-0.2, -0.15) is 11.8 Å². The lowest BCUT2D eigenvalue weighted by atomic mass is 10.3. The molecule has 0 atom stereocenters. The van der Waals surface area contributed by atoms with Gasteiger partial charge in [-0.3, -0.25) is 4.79 Å². The van der Waals surface area contributed by atoms with E-state index in [2.05, 4.69) is 22.5 Å². The Bertz CT molecular complexity index is 401. The van der Waals surface area contributed by atoms with Crippen molar-refractivity contribution in [1.82, 2.24) is 10.3 Å². The van der Waals surface area contributed by atoms with Crippen LogP contribution in [0.25, 0.3) is 0 Å². The second-order valence-electron chi connectivity index (χ2n) is 3.58. The average Bonchev–Trinajstić information content (AvgIpc) is 2.39. The van der Waals surface area contributed by atoms with Crippen molar-refractivity contribution in [3.8, 4) is 0 Å². The lowest BCUT2D eigenvalue weighted by molar-refractivity contribution is 0.0949. The molecular weight excluding hydrogens is 270 g/mol. The number of carbonyl (C=O) groups is 1. The molecule has 0 saturated carbocycles.